The number of carboxylic acids is 1. The molecule has 0 bridgehead atoms. The predicted octanol–water partition coefficient (Wildman–Crippen LogP) is -0.230. The number of carbonyl (C=O) groups is 5. The van der Waals surface area contributed by atoms with Gasteiger partial charge in [-0.3, -0.25) is 19.2 Å². The Hall–Kier alpha value is -3.12. The van der Waals surface area contributed by atoms with Crippen molar-refractivity contribution in [2.24, 2.45) is 17.4 Å². The second kappa shape index (κ2) is 15.8. The molecule has 200 valence electrons. The average Bonchev–Trinajstić information content (AvgIpc) is 2.82. The van der Waals surface area contributed by atoms with Crippen molar-refractivity contribution in [3.8, 4) is 0 Å². The zero-order chi connectivity index (χ0) is 27.3. The Bertz CT molecular complexity index is 898. The quantitative estimate of drug-likeness (QED) is 0.171. The number of hydrogen-bond donors (Lipinski definition) is 6. The first-order chi connectivity index (χ1) is 17.0. The maximum absolute atomic E-state index is 13.1. The van der Waals surface area contributed by atoms with Gasteiger partial charge in [-0.05, 0) is 42.8 Å². The van der Waals surface area contributed by atoms with Crippen LogP contribution in [0, 0.1) is 5.92 Å². The molecule has 12 heteroatoms. The largest absolute Gasteiger partial charge is 0.480 e. The van der Waals surface area contributed by atoms with Crippen molar-refractivity contribution in [2.75, 3.05) is 12.0 Å². The minimum Gasteiger partial charge on any atom is -0.480 e. The Labute approximate surface area is 215 Å². The van der Waals surface area contributed by atoms with Crippen LogP contribution in [0.25, 0.3) is 0 Å². The minimum absolute atomic E-state index is 0.0917. The van der Waals surface area contributed by atoms with Gasteiger partial charge in [0, 0.05) is 6.42 Å². The fourth-order valence-corrected chi connectivity index (χ4v) is 3.81. The van der Waals surface area contributed by atoms with Gasteiger partial charge in [-0.2, -0.15) is 11.8 Å². The molecule has 1 aromatic carbocycles. The van der Waals surface area contributed by atoms with Gasteiger partial charge < -0.3 is 32.5 Å². The number of carbonyl (C=O) groups excluding carboxylic acids is 4. The summed E-state index contributed by atoms with van der Waals surface area (Å²) in [5.41, 5.74) is 12.1. The van der Waals surface area contributed by atoms with Gasteiger partial charge in [0.05, 0.1) is 6.04 Å². The van der Waals surface area contributed by atoms with Gasteiger partial charge in [-0.1, -0.05) is 44.2 Å². The summed E-state index contributed by atoms with van der Waals surface area (Å²) in [6.45, 7) is 3.31. The maximum Gasteiger partial charge on any atom is 0.326 e. The molecule has 0 saturated heterocycles. The molecular formula is C24H37N5O6S. The third-order valence-electron chi connectivity index (χ3n) is 5.42. The molecule has 0 radical (unpaired) electrons. The predicted molar refractivity (Wildman–Crippen MR) is 138 cm³/mol. The van der Waals surface area contributed by atoms with Crippen LogP contribution in [0.3, 0.4) is 0 Å². The SMILES string of the molecule is CSCCC(NC(=O)C(CCC(N)=O)NC(=O)C(N)Cc1ccccc1)C(=O)NC(C(=O)O)C(C)C. The summed E-state index contributed by atoms with van der Waals surface area (Å²) in [5.74, 6) is -3.66. The molecule has 0 heterocycles. The third kappa shape index (κ3) is 11.1. The Morgan fingerprint density at radius 2 is 1.47 bits per heavy atom. The van der Waals surface area contributed by atoms with Gasteiger partial charge in [0.15, 0.2) is 0 Å². The van der Waals surface area contributed by atoms with Crippen LogP contribution in [0.1, 0.15) is 38.7 Å². The second-order valence-corrected chi connectivity index (χ2v) is 9.76. The minimum atomic E-state index is -1.19. The van der Waals surface area contributed by atoms with E-state index in [1.165, 1.54) is 11.8 Å². The van der Waals surface area contributed by atoms with E-state index in [1.54, 1.807) is 13.8 Å². The van der Waals surface area contributed by atoms with Crippen molar-refractivity contribution in [2.45, 2.75) is 63.7 Å². The standard InChI is InChI=1S/C24H37N5O6S/c1-14(2)20(24(34)35)29-23(33)18(11-12-36-3)28-22(32)17(9-10-19(26)30)27-21(31)16(25)13-15-7-5-4-6-8-15/h4-8,14,16-18,20H,9-13,25H2,1-3H3,(H2,26,30)(H,27,31)(H,28,32)(H,29,33)(H,34,35). The first-order valence-corrected chi connectivity index (χ1v) is 13.1. The number of nitrogens with one attached hydrogen (secondary N) is 3. The van der Waals surface area contributed by atoms with Crippen LogP contribution >= 0.6 is 11.8 Å². The van der Waals surface area contributed by atoms with Crippen molar-refractivity contribution in [3.05, 3.63) is 35.9 Å². The summed E-state index contributed by atoms with van der Waals surface area (Å²) in [4.78, 5) is 61.5. The zero-order valence-corrected chi connectivity index (χ0v) is 21.7. The van der Waals surface area contributed by atoms with Crippen molar-refractivity contribution >= 4 is 41.4 Å². The van der Waals surface area contributed by atoms with E-state index < -0.39 is 53.8 Å². The molecule has 8 N–H and O–H groups in total. The van der Waals surface area contributed by atoms with E-state index in [0.29, 0.717) is 5.75 Å². The molecule has 1 rings (SSSR count). The van der Waals surface area contributed by atoms with Gasteiger partial charge in [-0.25, -0.2) is 4.79 Å². The number of nitrogens with two attached hydrogens (primary N) is 2. The topological polar surface area (TPSA) is 194 Å². The Morgan fingerprint density at radius 1 is 0.917 bits per heavy atom. The third-order valence-corrected chi connectivity index (χ3v) is 6.07. The molecule has 0 aromatic heterocycles. The van der Waals surface area contributed by atoms with Crippen LogP contribution in [0.2, 0.25) is 0 Å². The smallest absolute Gasteiger partial charge is 0.326 e. The van der Waals surface area contributed by atoms with Gasteiger partial charge in [0.2, 0.25) is 23.6 Å². The van der Waals surface area contributed by atoms with Crippen LogP contribution in [0.5, 0.6) is 0 Å². The molecule has 0 spiro atoms. The highest BCUT2D eigenvalue weighted by atomic mass is 32.2. The number of benzene rings is 1. The van der Waals surface area contributed by atoms with E-state index in [9.17, 15) is 29.1 Å². The lowest BCUT2D eigenvalue weighted by atomic mass is 10.0. The van der Waals surface area contributed by atoms with Gasteiger partial charge in [-0.15, -0.1) is 0 Å². The summed E-state index contributed by atoms with van der Waals surface area (Å²) in [7, 11) is 0. The van der Waals surface area contributed by atoms with E-state index in [4.69, 9.17) is 11.5 Å². The molecule has 11 nitrogen and oxygen atoms in total. The van der Waals surface area contributed by atoms with Crippen molar-refractivity contribution in [3.63, 3.8) is 0 Å². The second-order valence-electron chi connectivity index (χ2n) is 8.77. The van der Waals surface area contributed by atoms with Crippen molar-refractivity contribution in [1.29, 1.82) is 0 Å². The summed E-state index contributed by atoms with van der Waals surface area (Å²) in [6, 6.07) is 4.81. The lowest BCUT2D eigenvalue weighted by molar-refractivity contribution is -0.143. The fraction of sp³-hybridized carbons (Fsp3) is 0.542. The normalized spacial score (nSPS) is 14.2. The Kier molecular flexibility index (Phi) is 13.6. The number of primary amides is 1. The van der Waals surface area contributed by atoms with Crippen LogP contribution in [-0.4, -0.2) is 70.9 Å². The molecule has 4 amide bonds. The van der Waals surface area contributed by atoms with E-state index in [-0.39, 0.29) is 31.6 Å². The Balaban J connectivity index is 2.97. The molecule has 36 heavy (non-hydrogen) atoms. The summed E-state index contributed by atoms with van der Waals surface area (Å²) in [6.07, 6.45) is 2.03. The highest BCUT2D eigenvalue weighted by Crippen LogP contribution is 2.08. The van der Waals surface area contributed by atoms with Gasteiger partial charge >= 0.3 is 5.97 Å². The monoisotopic (exact) mass is 523 g/mol. The molecule has 4 atom stereocenters. The number of rotatable bonds is 16. The summed E-state index contributed by atoms with van der Waals surface area (Å²) < 4.78 is 0. The highest BCUT2D eigenvalue weighted by molar-refractivity contribution is 7.98. The highest BCUT2D eigenvalue weighted by Gasteiger charge is 2.31. The first-order valence-electron chi connectivity index (χ1n) is 11.7. The van der Waals surface area contributed by atoms with Crippen molar-refractivity contribution in [1.82, 2.24) is 16.0 Å². The zero-order valence-electron chi connectivity index (χ0n) is 20.9. The van der Waals surface area contributed by atoms with E-state index in [2.05, 4.69) is 16.0 Å². The van der Waals surface area contributed by atoms with E-state index >= 15 is 0 Å². The molecule has 0 aliphatic heterocycles. The fourth-order valence-electron chi connectivity index (χ4n) is 3.34. The van der Waals surface area contributed by atoms with Crippen LogP contribution in [-0.2, 0) is 30.4 Å². The number of amides is 4. The molecule has 4 unspecified atom stereocenters. The number of hydrogen-bond acceptors (Lipinski definition) is 7. The number of thioether (sulfide) groups is 1. The average molecular weight is 524 g/mol. The summed E-state index contributed by atoms with van der Waals surface area (Å²) >= 11 is 1.45. The first kappa shape index (κ1) is 30.9. The van der Waals surface area contributed by atoms with Gasteiger partial charge in [0.1, 0.15) is 18.1 Å². The molecule has 1 aromatic rings. The molecular weight excluding hydrogens is 486 g/mol. The Morgan fingerprint density at radius 3 is 2.00 bits per heavy atom. The van der Waals surface area contributed by atoms with E-state index in [0.717, 1.165) is 5.56 Å². The lowest BCUT2D eigenvalue weighted by Gasteiger charge is -2.26. The van der Waals surface area contributed by atoms with Gasteiger partial charge in [0.25, 0.3) is 0 Å². The number of aliphatic carboxylic acids is 1. The van der Waals surface area contributed by atoms with Crippen LogP contribution in [0.4, 0.5) is 0 Å². The molecule has 0 aliphatic carbocycles. The van der Waals surface area contributed by atoms with E-state index in [1.807, 2.05) is 36.6 Å². The molecule has 0 saturated carbocycles. The molecule has 0 aliphatic rings. The van der Waals surface area contributed by atoms with Crippen molar-refractivity contribution < 1.29 is 29.1 Å². The van der Waals surface area contributed by atoms with Crippen LogP contribution < -0.4 is 27.4 Å². The maximum atomic E-state index is 13.1. The summed E-state index contributed by atoms with van der Waals surface area (Å²) in [5, 5.41) is 17.0. The van der Waals surface area contributed by atoms with Crippen LogP contribution in [0.15, 0.2) is 30.3 Å². The lowest BCUT2D eigenvalue weighted by Crippen LogP contribution is -2.58. The number of carboxylic acid groups (broad SMARTS) is 1. The molecule has 0 fully saturated rings.